The number of hydrogen-bond donors (Lipinski definition) is 0. The standard InChI is InChI=1S/C7H10ClN3/c1-11-6(4-8)9-10-7(11)5-2-3-5/h5H,2-4H2,1H3. The van der Waals surface area contributed by atoms with Gasteiger partial charge in [-0.25, -0.2) is 0 Å². The van der Waals surface area contributed by atoms with Gasteiger partial charge < -0.3 is 4.57 Å². The zero-order valence-corrected chi connectivity index (χ0v) is 7.17. The molecule has 0 spiro atoms. The normalized spacial score (nSPS) is 17.3. The van der Waals surface area contributed by atoms with E-state index in [9.17, 15) is 0 Å². The Morgan fingerprint density at radius 2 is 2.27 bits per heavy atom. The molecular formula is C7H10ClN3. The van der Waals surface area contributed by atoms with Gasteiger partial charge in [0, 0.05) is 13.0 Å². The molecular weight excluding hydrogens is 162 g/mol. The predicted octanol–water partition coefficient (Wildman–Crippen LogP) is 1.43. The molecule has 4 heteroatoms. The number of nitrogens with zero attached hydrogens (tertiary/aromatic N) is 3. The molecule has 1 heterocycles. The third kappa shape index (κ3) is 1.13. The maximum absolute atomic E-state index is 5.65. The van der Waals surface area contributed by atoms with Crippen molar-refractivity contribution in [2.24, 2.45) is 7.05 Å². The number of rotatable bonds is 2. The highest BCUT2D eigenvalue weighted by Gasteiger charge is 2.28. The van der Waals surface area contributed by atoms with Crippen molar-refractivity contribution in [3.63, 3.8) is 0 Å². The molecule has 1 fully saturated rings. The van der Waals surface area contributed by atoms with Crippen molar-refractivity contribution < 1.29 is 0 Å². The first kappa shape index (κ1) is 7.10. The van der Waals surface area contributed by atoms with Crippen LogP contribution in [0.15, 0.2) is 0 Å². The summed E-state index contributed by atoms with van der Waals surface area (Å²) < 4.78 is 2.00. The second-order valence-electron chi connectivity index (χ2n) is 2.94. The molecule has 0 unspecified atom stereocenters. The Labute approximate surface area is 70.4 Å². The van der Waals surface area contributed by atoms with E-state index < -0.39 is 0 Å². The molecule has 3 nitrogen and oxygen atoms in total. The van der Waals surface area contributed by atoms with Gasteiger partial charge in [-0.15, -0.1) is 21.8 Å². The number of aromatic nitrogens is 3. The molecule has 1 aliphatic carbocycles. The molecule has 1 aliphatic rings. The van der Waals surface area contributed by atoms with E-state index in [1.807, 2.05) is 11.6 Å². The lowest BCUT2D eigenvalue weighted by Gasteiger charge is -1.97. The fourth-order valence-electron chi connectivity index (χ4n) is 1.19. The zero-order chi connectivity index (χ0) is 7.84. The van der Waals surface area contributed by atoms with Crippen LogP contribution in [0.25, 0.3) is 0 Å². The molecule has 0 saturated heterocycles. The molecule has 0 amide bonds. The highest BCUT2D eigenvalue weighted by atomic mass is 35.5. The fraction of sp³-hybridized carbons (Fsp3) is 0.714. The van der Waals surface area contributed by atoms with Gasteiger partial charge >= 0.3 is 0 Å². The van der Waals surface area contributed by atoms with E-state index in [0.717, 1.165) is 11.6 Å². The monoisotopic (exact) mass is 171 g/mol. The summed E-state index contributed by atoms with van der Waals surface area (Å²) in [7, 11) is 1.98. The second kappa shape index (κ2) is 2.48. The molecule has 0 aliphatic heterocycles. The Morgan fingerprint density at radius 3 is 2.73 bits per heavy atom. The van der Waals surface area contributed by atoms with Gasteiger partial charge in [-0.3, -0.25) is 0 Å². The Hall–Kier alpha value is -0.570. The van der Waals surface area contributed by atoms with Crippen LogP contribution in [-0.2, 0) is 12.9 Å². The maximum atomic E-state index is 5.65. The van der Waals surface area contributed by atoms with Crippen LogP contribution in [0, 0.1) is 0 Å². The molecule has 0 N–H and O–H groups in total. The minimum atomic E-state index is 0.455. The summed E-state index contributed by atoms with van der Waals surface area (Å²) in [6.45, 7) is 0. The first-order valence-corrected chi connectivity index (χ1v) is 4.30. The third-order valence-electron chi connectivity index (χ3n) is 2.06. The fourth-order valence-corrected chi connectivity index (χ4v) is 1.42. The molecule has 11 heavy (non-hydrogen) atoms. The molecule has 1 saturated carbocycles. The van der Waals surface area contributed by atoms with Crippen LogP contribution >= 0.6 is 11.6 Å². The molecule has 0 bridgehead atoms. The largest absolute Gasteiger partial charge is 0.317 e. The third-order valence-corrected chi connectivity index (χ3v) is 2.30. The molecule has 0 atom stereocenters. The van der Waals surface area contributed by atoms with E-state index in [0.29, 0.717) is 11.8 Å². The minimum Gasteiger partial charge on any atom is -0.317 e. The van der Waals surface area contributed by atoms with Gasteiger partial charge in [-0.2, -0.15) is 0 Å². The van der Waals surface area contributed by atoms with Crippen LogP contribution in [-0.4, -0.2) is 14.8 Å². The molecule has 1 aromatic rings. The van der Waals surface area contributed by atoms with E-state index in [1.165, 1.54) is 12.8 Å². The summed E-state index contributed by atoms with van der Waals surface area (Å²) in [4.78, 5) is 0. The van der Waals surface area contributed by atoms with E-state index in [1.54, 1.807) is 0 Å². The van der Waals surface area contributed by atoms with Crippen molar-refractivity contribution in [1.82, 2.24) is 14.8 Å². The van der Waals surface area contributed by atoms with Crippen LogP contribution in [0.1, 0.15) is 30.4 Å². The Balaban J connectivity index is 2.33. The van der Waals surface area contributed by atoms with Gasteiger partial charge in [0.15, 0.2) is 0 Å². The van der Waals surface area contributed by atoms with E-state index in [4.69, 9.17) is 11.6 Å². The molecule has 60 valence electrons. The predicted molar refractivity (Wildman–Crippen MR) is 42.5 cm³/mol. The maximum Gasteiger partial charge on any atom is 0.147 e. The van der Waals surface area contributed by atoms with E-state index >= 15 is 0 Å². The van der Waals surface area contributed by atoms with Gasteiger partial charge in [0.1, 0.15) is 11.6 Å². The molecule has 0 radical (unpaired) electrons. The van der Waals surface area contributed by atoms with Gasteiger partial charge in [0.05, 0.1) is 5.88 Å². The van der Waals surface area contributed by atoms with Gasteiger partial charge in [-0.1, -0.05) is 0 Å². The van der Waals surface area contributed by atoms with Crippen molar-refractivity contribution >= 4 is 11.6 Å². The van der Waals surface area contributed by atoms with Crippen molar-refractivity contribution in [1.29, 1.82) is 0 Å². The Bertz CT molecular complexity index is 265. The van der Waals surface area contributed by atoms with Crippen LogP contribution in [0.3, 0.4) is 0 Å². The highest BCUT2D eigenvalue weighted by Crippen LogP contribution is 2.38. The smallest absolute Gasteiger partial charge is 0.147 e. The topological polar surface area (TPSA) is 30.7 Å². The highest BCUT2D eigenvalue weighted by molar-refractivity contribution is 6.16. The first-order chi connectivity index (χ1) is 5.33. The summed E-state index contributed by atoms with van der Waals surface area (Å²) >= 11 is 5.65. The minimum absolute atomic E-state index is 0.455. The van der Waals surface area contributed by atoms with Crippen molar-refractivity contribution in [3.05, 3.63) is 11.6 Å². The van der Waals surface area contributed by atoms with E-state index in [2.05, 4.69) is 10.2 Å². The van der Waals surface area contributed by atoms with Gasteiger partial charge in [0.2, 0.25) is 0 Å². The average Bonchev–Trinajstić information content (AvgIpc) is 2.77. The summed E-state index contributed by atoms with van der Waals surface area (Å²) in [5.41, 5.74) is 0. The summed E-state index contributed by atoms with van der Waals surface area (Å²) in [6.07, 6.45) is 2.52. The van der Waals surface area contributed by atoms with Crippen molar-refractivity contribution in [2.75, 3.05) is 0 Å². The quantitative estimate of drug-likeness (QED) is 0.631. The number of halogens is 1. The van der Waals surface area contributed by atoms with Crippen LogP contribution in [0.5, 0.6) is 0 Å². The zero-order valence-electron chi connectivity index (χ0n) is 6.42. The Morgan fingerprint density at radius 1 is 1.55 bits per heavy atom. The average molecular weight is 172 g/mol. The molecule has 2 rings (SSSR count). The second-order valence-corrected chi connectivity index (χ2v) is 3.21. The molecule has 1 aromatic heterocycles. The Kier molecular flexibility index (Phi) is 1.60. The number of alkyl halides is 1. The summed E-state index contributed by atoms with van der Waals surface area (Å²) in [6, 6.07) is 0. The van der Waals surface area contributed by atoms with Crippen LogP contribution in [0.4, 0.5) is 0 Å². The first-order valence-electron chi connectivity index (χ1n) is 3.77. The lowest BCUT2D eigenvalue weighted by Crippen LogP contribution is -1.99. The van der Waals surface area contributed by atoms with Crippen molar-refractivity contribution in [3.8, 4) is 0 Å². The molecule has 0 aromatic carbocycles. The lowest BCUT2D eigenvalue weighted by atomic mass is 10.4. The number of hydrogen-bond acceptors (Lipinski definition) is 2. The van der Waals surface area contributed by atoms with Crippen LogP contribution < -0.4 is 0 Å². The summed E-state index contributed by atoms with van der Waals surface area (Å²) in [5, 5.41) is 8.05. The van der Waals surface area contributed by atoms with Crippen LogP contribution in [0.2, 0.25) is 0 Å². The van der Waals surface area contributed by atoms with Crippen molar-refractivity contribution in [2.45, 2.75) is 24.6 Å². The van der Waals surface area contributed by atoms with Gasteiger partial charge in [-0.05, 0) is 12.8 Å². The SMILES string of the molecule is Cn1c(CCl)nnc1C1CC1. The summed E-state index contributed by atoms with van der Waals surface area (Å²) in [5.74, 6) is 3.08. The lowest BCUT2D eigenvalue weighted by molar-refractivity contribution is 0.773. The van der Waals surface area contributed by atoms with E-state index in [-0.39, 0.29) is 0 Å². The van der Waals surface area contributed by atoms with Gasteiger partial charge in [0.25, 0.3) is 0 Å².